The third kappa shape index (κ3) is 2.27. The maximum absolute atomic E-state index is 12.2. The number of aromatic nitrogens is 1. The Kier molecular flexibility index (Phi) is 3.18. The molecule has 2 N–H and O–H groups in total. The van der Waals surface area contributed by atoms with Crippen LogP contribution in [0.5, 0.6) is 0 Å². The first-order valence-corrected chi connectivity index (χ1v) is 6.71. The zero-order valence-electron chi connectivity index (χ0n) is 11.2. The highest BCUT2D eigenvalue weighted by atomic mass is 16.3. The van der Waals surface area contributed by atoms with Crippen LogP contribution in [0.1, 0.15) is 46.3 Å². The van der Waals surface area contributed by atoms with Crippen LogP contribution in [0.2, 0.25) is 0 Å². The number of aryl methyl sites for hydroxylation is 2. The van der Waals surface area contributed by atoms with E-state index in [9.17, 15) is 9.59 Å². The third-order valence-electron chi connectivity index (χ3n) is 3.66. The van der Waals surface area contributed by atoms with E-state index in [1.165, 1.54) is 12.3 Å². The average Bonchev–Trinajstić information content (AvgIpc) is 2.87. The molecule has 0 saturated carbocycles. The lowest BCUT2D eigenvalue weighted by Crippen LogP contribution is -2.33. The number of pyridine rings is 1. The van der Waals surface area contributed by atoms with E-state index in [1.807, 2.05) is 6.07 Å². The van der Waals surface area contributed by atoms with Crippen molar-refractivity contribution in [1.29, 1.82) is 0 Å². The molecule has 2 aromatic heterocycles. The number of H-pyrrole nitrogens is 1. The van der Waals surface area contributed by atoms with Gasteiger partial charge in [0.25, 0.3) is 5.91 Å². The minimum Gasteiger partial charge on any atom is -0.469 e. The summed E-state index contributed by atoms with van der Waals surface area (Å²) < 4.78 is 5.39. The fourth-order valence-corrected chi connectivity index (χ4v) is 2.62. The molecule has 0 radical (unpaired) electrons. The van der Waals surface area contributed by atoms with Crippen LogP contribution in [0.15, 0.2) is 33.8 Å². The molecule has 104 valence electrons. The second kappa shape index (κ2) is 5.00. The van der Waals surface area contributed by atoms with Gasteiger partial charge in [0.2, 0.25) is 0 Å². The highest BCUT2D eigenvalue weighted by Crippen LogP contribution is 2.30. The SMILES string of the molecule is Cc1cc(=O)c(C(=O)NC2CCCc3occc32)c[nH]1. The molecule has 20 heavy (non-hydrogen) atoms. The lowest BCUT2D eigenvalue weighted by Gasteiger charge is -2.22. The summed E-state index contributed by atoms with van der Waals surface area (Å²) in [5.74, 6) is 0.588. The zero-order chi connectivity index (χ0) is 14.1. The van der Waals surface area contributed by atoms with Gasteiger partial charge in [0.1, 0.15) is 11.3 Å². The Balaban J connectivity index is 1.82. The van der Waals surface area contributed by atoms with Crippen molar-refractivity contribution in [2.24, 2.45) is 0 Å². The van der Waals surface area contributed by atoms with Crippen LogP contribution in [-0.4, -0.2) is 10.9 Å². The Labute approximate surface area is 116 Å². The lowest BCUT2D eigenvalue weighted by atomic mass is 9.93. The molecule has 1 aliphatic carbocycles. The molecule has 1 unspecified atom stereocenters. The summed E-state index contributed by atoms with van der Waals surface area (Å²) in [6, 6.07) is 3.24. The van der Waals surface area contributed by atoms with Gasteiger partial charge in [-0.15, -0.1) is 0 Å². The van der Waals surface area contributed by atoms with E-state index in [0.29, 0.717) is 0 Å². The maximum Gasteiger partial charge on any atom is 0.257 e. The van der Waals surface area contributed by atoms with Gasteiger partial charge in [-0.2, -0.15) is 0 Å². The van der Waals surface area contributed by atoms with Crippen molar-refractivity contribution >= 4 is 5.91 Å². The highest BCUT2D eigenvalue weighted by molar-refractivity contribution is 5.94. The Morgan fingerprint density at radius 2 is 2.35 bits per heavy atom. The summed E-state index contributed by atoms with van der Waals surface area (Å²) >= 11 is 0. The number of hydrogen-bond acceptors (Lipinski definition) is 3. The summed E-state index contributed by atoms with van der Waals surface area (Å²) in [5, 5.41) is 2.92. The fraction of sp³-hybridized carbons (Fsp3) is 0.333. The number of furan rings is 1. The number of amides is 1. The molecule has 5 nitrogen and oxygen atoms in total. The summed E-state index contributed by atoms with van der Waals surface area (Å²) in [6.07, 6.45) is 5.84. The summed E-state index contributed by atoms with van der Waals surface area (Å²) in [5.41, 5.74) is 1.64. The molecule has 0 bridgehead atoms. The standard InChI is InChI=1S/C15H16N2O3/c1-9-7-13(18)11(8-16-9)15(19)17-12-3-2-4-14-10(12)5-6-20-14/h5-8,12H,2-4H2,1H3,(H,16,18)(H,17,19). The number of aromatic amines is 1. The quantitative estimate of drug-likeness (QED) is 0.879. The lowest BCUT2D eigenvalue weighted by molar-refractivity contribution is 0.0931. The van der Waals surface area contributed by atoms with E-state index in [2.05, 4.69) is 10.3 Å². The van der Waals surface area contributed by atoms with E-state index < -0.39 is 0 Å². The number of nitrogens with one attached hydrogen (secondary N) is 2. The van der Waals surface area contributed by atoms with E-state index >= 15 is 0 Å². The second-order valence-electron chi connectivity index (χ2n) is 5.11. The van der Waals surface area contributed by atoms with Gasteiger partial charge in [0.15, 0.2) is 5.43 Å². The number of carbonyl (C=O) groups is 1. The van der Waals surface area contributed by atoms with Crippen LogP contribution in [0, 0.1) is 6.92 Å². The molecule has 2 aromatic rings. The molecular weight excluding hydrogens is 256 g/mol. The topological polar surface area (TPSA) is 75.1 Å². The van der Waals surface area contributed by atoms with E-state index in [4.69, 9.17) is 4.42 Å². The van der Waals surface area contributed by atoms with Gasteiger partial charge >= 0.3 is 0 Å². The van der Waals surface area contributed by atoms with E-state index in [1.54, 1.807) is 13.2 Å². The molecule has 0 saturated heterocycles. The molecular formula is C15H16N2O3. The van der Waals surface area contributed by atoms with Crippen LogP contribution in [0.4, 0.5) is 0 Å². The van der Waals surface area contributed by atoms with Crippen LogP contribution in [0.25, 0.3) is 0 Å². The summed E-state index contributed by atoms with van der Waals surface area (Å²) in [7, 11) is 0. The monoisotopic (exact) mass is 272 g/mol. The van der Waals surface area contributed by atoms with Gasteiger partial charge in [0.05, 0.1) is 12.3 Å². The normalized spacial score (nSPS) is 17.6. The number of fused-ring (bicyclic) bond motifs is 1. The summed E-state index contributed by atoms with van der Waals surface area (Å²) in [4.78, 5) is 26.9. The highest BCUT2D eigenvalue weighted by Gasteiger charge is 2.25. The van der Waals surface area contributed by atoms with Crippen molar-refractivity contribution in [3.63, 3.8) is 0 Å². The number of rotatable bonds is 2. The Morgan fingerprint density at radius 1 is 1.50 bits per heavy atom. The third-order valence-corrected chi connectivity index (χ3v) is 3.66. The van der Waals surface area contributed by atoms with Crippen LogP contribution < -0.4 is 10.7 Å². The first-order chi connectivity index (χ1) is 9.65. The Morgan fingerprint density at radius 3 is 3.15 bits per heavy atom. The van der Waals surface area contributed by atoms with Crippen molar-refractivity contribution in [2.75, 3.05) is 0 Å². The van der Waals surface area contributed by atoms with Gasteiger partial charge in [-0.05, 0) is 25.8 Å². The van der Waals surface area contributed by atoms with Gasteiger partial charge in [-0.1, -0.05) is 0 Å². The first-order valence-electron chi connectivity index (χ1n) is 6.71. The van der Waals surface area contributed by atoms with Crippen molar-refractivity contribution in [3.05, 3.63) is 57.4 Å². The van der Waals surface area contributed by atoms with Gasteiger partial charge in [-0.25, -0.2) is 0 Å². The van der Waals surface area contributed by atoms with Gasteiger partial charge in [0, 0.05) is 29.9 Å². The smallest absolute Gasteiger partial charge is 0.257 e. The van der Waals surface area contributed by atoms with Crippen molar-refractivity contribution in [3.8, 4) is 0 Å². The minimum atomic E-state index is -0.342. The maximum atomic E-state index is 12.2. The van der Waals surface area contributed by atoms with E-state index in [0.717, 1.165) is 36.3 Å². The van der Waals surface area contributed by atoms with Crippen LogP contribution in [-0.2, 0) is 6.42 Å². The Hall–Kier alpha value is -2.30. The average molecular weight is 272 g/mol. The molecule has 5 heteroatoms. The zero-order valence-corrected chi connectivity index (χ0v) is 11.2. The van der Waals surface area contributed by atoms with E-state index in [-0.39, 0.29) is 22.9 Å². The second-order valence-corrected chi connectivity index (χ2v) is 5.11. The largest absolute Gasteiger partial charge is 0.469 e. The molecule has 0 fully saturated rings. The minimum absolute atomic E-state index is 0.0781. The van der Waals surface area contributed by atoms with Gasteiger partial charge < -0.3 is 14.7 Å². The van der Waals surface area contributed by atoms with Crippen LogP contribution in [0.3, 0.4) is 0 Å². The predicted molar refractivity (Wildman–Crippen MR) is 73.7 cm³/mol. The predicted octanol–water partition coefficient (Wildman–Crippen LogP) is 2.08. The first kappa shape index (κ1) is 12.7. The molecule has 3 rings (SSSR count). The van der Waals surface area contributed by atoms with Crippen LogP contribution >= 0.6 is 0 Å². The molecule has 1 aliphatic rings. The molecule has 0 spiro atoms. The number of hydrogen-bond donors (Lipinski definition) is 2. The fourth-order valence-electron chi connectivity index (χ4n) is 2.62. The summed E-state index contributed by atoms with van der Waals surface area (Å²) in [6.45, 7) is 1.78. The molecule has 1 atom stereocenters. The molecule has 2 heterocycles. The van der Waals surface area contributed by atoms with Crippen molar-refractivity contribution in [1.82, 2.24) is 10.3 Å². The Bertz CT molecular complexity index is 699. The molecule has 1 amide bonds. The molecule has 0 aliphatic heterocycles. The van der Waals surface area contributed by atoms with Gasteiger partial charge in [-0.3, -0.25) is 9.59 Å². The van der Waals surface area contributed by atoms with Crippen molar-refractivity contribution < 1.29 is 9.21 Å². The number of carbonyl (C=O) groups excluding carboxylic acids is 1. The van der Waals surface area contributed by atoms with Crippen molar-refractivity contribution in [2.45, 2.75) is 32.2 Å². The molecule has 0 aromatic carbocycles.